The Labute approximate surface area is 102 Å². The zero-order valence-electron chi connectivity index (χ0n) is 10.7. The van der Waals surface area contributed by atoms with E-state index in [2.05, 4.69) is 0 Å². The quantitative estimate of drug-likeness (QED) is 0.851. The smallest absolute Gasteiger partial charge is 0.203 e. The Hall–Kier alpha value is -1.68. The van der Waals surface area contributed by atoms with Crippen LogP contribution in [-0.4, -0.2) is 27.9 Å². The summed E-state index contributed by atoms with van der Waals surface area (Å²) >= 11 is 0. The summed E-state index contributed by atoms with van der Waals surface area (Å²) in [6, 6.07) is 3.78. The molecule has 4 heteroatoms. The molecule has 1 rings (SSSR count). The summed E-state index contributed by atoms with van der Waals surface area (Å²) in [5.74, 6) is 1.88. The van der Waals surface area contributed by atoms with Crippen LogP contribution in [0.15, 0.2) is 17.7 Å². The molecule has 0 aliphatic rings. The van der Waals surface area contributed by atoms with Crippen molar-refractivity contribution in [1.29, 1.82) is 0 Å². The third kappa shape index (κ3) is 3.14. The van der Waals surface area contributed by atoms with Crippen LogP contribution in [0.5, 0.6) is 17.2 Å². The molecule has 0 aliphatic carbocycles. The van der Waals surface area contributed by atoms with Gasteiger partial charge in [0.25, 0.3) is 0 Å². The van der Waals surface area contributed by atoms with Gasteiger partial charge in [0.15, 0.2) is 11.5 Å². The number of hydrogen-bond acceptors (Lipinski definition) is 4. The summed E-state index contributed by atoms with van der Waals surface area (Å²) in [4.78, 5) is 0. The second kappa shape index (κ2) is 6.15. The van der Waals surface area contributed by atoms with Gasteiger partial charge >= 0.3 is 0 Å². The van der Waals surface area contributed by atoms with Crippen LogP contribution in [0.1, 0.15) is 12.5 Å². The lowest BCUT2D eigenvalue weighted by molar-refractivity contribution is 0.324. The average Bonchev–Trinajstić information content (AvgIpc) is 2.37. The molecule has 0 aromatic heterocycles. The summed E-state index contributed by atoms with van der Waals surface area (Å²) < 4.78 is 15.8. The van der Waals surface area contributed by atoms with Gasteiger partial charge in [-0.2, -0.15) is 0 Å². The first kappa shape index (κ1) is 13.4. The van der Waals surface area contributed by atoms with Gasteiger partial charge in [-0.3, -0.25) is 0 Å². The van der Waals surface area contributed by atoms with E-state index in [-0.39, 0.29) is 0 Å². The van der Waals surface area contributed by atoms with E-state index < -0.39 is 0 Å². The van der Waals surface area contributed by atoms with Gasteiger partial charge in [0, 0.05) is 6.54 Å². The highest BCUT2D eigenvalue weighted by molar-refractivity contribution is 5.63. The van der Waals surface area contributed by atoms with E-state index >= 15 is 0 Å². The number of methoxy groups -OCH3 is 3. The molecule has 4 nitrogen and oxygen atoms in total. The highest BCUT2D eigenvalue weighted by atomic mass is 16.5. The number of ether oxygens (including phenoxy) is 3. The molecule has 0 saturated heterocycles. The number of rotatable bonds is 5. The van der Waals surface area contributed by atoms with Crippen molar-refractivity contribution in [1.82, 2.24) is 0 Å². The molecule has 0 radical (unpaired) electrons. The average molecular weight is 237 g/mol. The fourth-order valence-corrected chi connectivity index (χ4v) is 1.53. The lowest BCUT2D eigenvalue weighted by atomic mass is 10.1. The van der Waals surface area contributed by atoms with Crippen LogP contribution < -0.4 is 19.9 Å². The van der Waals surface area contributed by atoms with Crippen molar-refractivity contribution in [2.75, 3.05) is 27.9 Å². The zero-order chi connectivity index (χ0) is 12.8. The van der Waals surface area contributed by atoms with E-state index in [9.17, 15) is 0 Å². The standard InChI is InChI=1S/C13H19NO3/c1-9(8-14)5-10-6-11(15-2)13(17-4)12(7-10)16-3/h5-7H,8,14H2,1-4H3. The molecule has 1 aromatic rings. The Morgan fingerprint density at radius 3 is 2.00 bits per heavy atom. The first-order valence-corrected chi connectivity index (χ1v) is 5.33. The lowest BCUT2D eigenvalue weighted by Crippen LogP contribution is -2.00. The van der Waals surface area contributed by atoms with Crippen molar-refractivity contribution in [3.8, 4) is 17.2 Å². The van der Waals surface area contributed by atoms with Gasteiger partial charge in [-0.25, -0.2) is 0 Å². The first-order valence-electron chi connectivity index (χ1n) is 5.33. The van der Waals surface area contributed by atoms with Crippen molar-refractivity contribution in [3.63, 3.8) is 0 Å². The number of nitrogens with two attached hydrogens (primary N) is 1. The molecule has 0 atom stereocenters. The molecule has 0 fully saturated rings. The minimum atomic E-state index is 0.524. The number of benzene rings is 1. The molecule has 0 heterocycles. The van der Waals surface area contributed by atoms with Crippen molar-refractivity contribution in [2.24, 2.45) is 5.73 Å². The van der Waals surface area contributed by atoms with Crippen LogP contribution in [0.3, 0.4) is 0 Å². The van der Waals surface area contributed by atoms with Gasteiger partial charge in [-0.05, 0) is 24.6 Å². The van der Waals surface area contributed by atoms with Crippen LogP contribution in [0.2, 0.25) is 0 Å². The van der Waals surface area contributed by atoms with Gasteiger partial charge < -0.3 is 19.9 Å². The van der Waals surface area contributed by atoms with Crippen molar-refractivity contribution < 1.29 is 14.2 Å². The maximum atomic E-state index is 5.56. The third-order valence-electron chi connectivity index (χ3n) is 2.42. The van der Waals surface area contributed by atoms with Crippen LogP contribution >= 0.6 is 0 Å². The maximum Gasteiger partial charge on any atom is 0.203 e. The molecular formula is C13H19NO3. The minimum Gasteiger partial charge on any atom is -0.493 e. The summed E-state index contributed by atoms with van der Waals surface area (Å²) in [6.07, 6.45) is 1.99. The maximum absolute atomic E-state index is 5.56. The first-order chi connectivity index (χ1) is 8.15. The molecule has 0 amide bonds. The molecular weight excluding hydrogens is 218 g/mol. The second-order valence-electron chi connectivity index (χ2n) is 3.65. The van der Waals surface area contributed by atoms with E-state index in [0.717, 1.165) is 11.1 Å². The van der Waals surface area contributed by atoms with E-state index in [0.29, 0.717) is 23.8 Å². The molecule has 0 unspecified atom stereocenters. The molecule has 94 valence electrons. The zero-order valence-corrected chi connectivity index (χ0v) is 10.7. The molecule has 0 aliphatic heterocycles. The molecule has 0 bridgehead atoms. The van der Waals surface area contributed by atoms with Gasteiger partial charge in [0.05, 0.1) is 21.3 Å². The molecule has 1 aromatic carbocycles. The SMILES string of the molecule is COc1cc(C=C(C)CN)cc(OC)c1OC. The van der Waals surface area contributed by atoms with Crippen LogP contribution in [-0.2, 0) is 0 Å². The van der Waals surface area contributed by atoms with Crippen LogP contribution in [0.4, 0.5) is 0 Å². The van der Waals surface area contributed by atoms with E-state index in [1.807, 2.05) is 25.1 Å². The van der Waals surface area contributed by atoms with E-state index in [1.165, 1.54) is 0 Å². The predicted molar refractivity (Wildman–Crippen MR) is 68.8 cm³/mol. The monoisotopic (exact) mass is 237 g/mol. The predicted octanol–water partition coefficient (Wildman–Crippen LogP) is 2.07. The van der Waals surface area contributed by atoms with E-state index in [1.54, 1.807) is 21.3 Å². The van der Waals surface area contributed by atoms with Gasteiger partial charge in [-0.15, -0.1) is 0 Å². The molecule has 0 spiro atoms. The van der Waals surface area contributed by atoms with Crippen LogP contribution in [0, 0.1) is 0 Å². The Morgan fingerprint density at radius 2 is 1.65 bits per heavy atom. The Bertz CT molecular complexity index is 388. The topological polar surface area (TPSA) is 53.7 Å². The van der Waals surface area contributed by atoms with Gasteiger partial charge in [0.2, 0.25) is 5.75 Å². The number of hydrogen-bond donors (Lipinski definition) is 1. The summed E-state index contributed by atoms with van der Waals surface area (Å²) in [5.41, 5.74) is 7.62. The largest absolute Gasteiger partial charge is 0.493 e. The molecule has 0 saturated carbocycles. The summed E-state index contributed by atoms with van der Waals surface area (Å²) in [7, 11) is 4.78. The van der Waals surface area contributed by atoms with E-state index in [4.69, 9.17) is 19.9 Å². The molecule has 17 heavy (non-hydrogen) atoms. The highest BCUT2D eigenvalue weighted by Crippen LogP contribution is 2.38. The van der Waals surface area contributed by atoms with Crippen molar-refractivity contribution in [3.05, 3.63) is 23.3 Å². The van der Waals surface area contributed by atoms with Crippen LogP contribution in [0.25, 0.3) is 6.08 Å². The fraction of sp³-hybridized carbons (Fsp3) is 0.385. The van der Waals surface area contributed by atoms with Gasteiger partial charge in [0.1, 0.15) is 0 Å². The summed E-state index contributed by atoms with van der Waals surface area (Å²) in [5, 5.41) is 0. The lowest BCUT2D eigenvalue weighted by Gasteiger charge is -2.13. The third-order valence-corrected chi connectivity index (χ3v) is 2.42. The normalized spacial score (nSPS) is 11.2. The second-order valence-corrected chi connectivity index (χ2v) is 3.65. The Morgan fingerprint density at radius 1 is 1.12 bits per heavy atom. The highest BCUT2D eigenvalue weighted by Gasteiger charge is 2.12. The molecule has 2 N–H and O–H groups in total. The summed E-state index contributed by atoms with van der Waals surface area (Å²) in [6.45, 7) is 2.50. The Kier molecular flexibility index (Phi) is 4.84. The van der Waals surface area contributed by atoms with Crippen molar-refractivity contribution in [2.45, 2.75) is 6.92 Å². The fourth-order valence-electron chi connectivity index (χ4n) is 1.53. The Balaban J connectivity index is 3.27. The van der Waals surface area contributed by atoms with Crippen molar-refractivity contribution >= 4 is 6.08 Å². The minimum absolute atomic E-state index is 0.524. The van der Waals surface area contributed by atoms with Gasteiger partial charge in [-0.1, -0.05) is 11.6 Å².